The van der Waals surface area contributed by atoms with Crippen LogP contribution >= 0.6 is 0 Å². The van der Waals surface area contributed by atoms with E-state index in [2.05, 4.69) is 28.8 Å². The summed E-state index contributed by atoms with van der Waals surface area (Å²) in [5.41, 5.74) is 5.69. The SMILES string of the molecule is Cc1ccc(C)c(NC(=O)[C@@H]2Cc3ccccc3CN2)c1. The Kier molecular flexibility index (Phi) is 3.76. The molecule has 0 saturated heterocycles. The molecule has 0 bridgehead atoms. The minimum Gasteiger partial charge on any atom is -0.324 e. The van der Waals surface area contributed by atoms with Gasteiger partial charge in [0, 0.05) is 12.2 Å². The van der Waals surface area contributed by atoms with Crippen LogP contribution in [0.4, 0.5) is 5.69 Å². The third kappa shape index (κ3) is 2.98. The molecule has 0 aliphatic carbocycles. The fourth-order valence-electron chi connectivity index (χ4n) is 2.73. The molecule has 0 aromatic heterocycles. The maximum atomic E-state index is 12.5. The molecule has 0 fully saturated rings. The van der Waals surface area contributed by atoms with Crippen LogP contribution in [0.2, 0.25) is 0 Å². The molecule has 1 aliphatic rings. The predicted molar refractivity (Wildman–Crippen MR) is 85.3 cm³/mol. The summed E-state index contributed by atoms with van der Waals surface area (Å²) >= 11 is 0. The standard InChI is InChI=1S/C18H20N2O/c1-12-7-8-13(2)16(9-12)20-18(21)17-10-14-5-3-4-6-15(14)11-19-17/h3-9,17,19H,10-11H2,1-2H3,(H,20,21)/t17-/m0/s1. The molecule has 2 aromatic carbocycles. The van der Waals surface area contributed by atoms with Crippen molar-refractivity contribution in [1.29, 1.82) is 0 Å². The highest BCUT2D eigenvalue weighted by atomic mass is 16.2. The Morgan fingerprint density at radius 2 is 1.90 bits per heavy atom. The molecule has 3 nitrogen and oxygen atoms in total. The molecule has 1 amide bonds. The smallest absolute Gasteiger partial charge is 0.241 e. The van der Waals surface area contributed by atoms with E-state index in [1.54, 1.807) is 0 Å². The Hall–Kier alpha value is -2.13. The van der Waals surface area contributed by atoms with Gasteiger partial charge in [0.1, 0.15) is 0 Å². The molecule has 108 valence electrons. The summed E-state index contributed by atoms with van der Waals surface area (Å²) in [6.45, 7) is 4.80. The highest BCUT2D eigenvalue weighted by molar-refractivity contribution is 5.95. The average Bonchev–Trinajstić information content (AvgIpc) is 2.50. The second kappa shape index (κ2) is 5.70. The quantitative estimate of drug-likeness (QED) is 0.888. The lowest BCUT2D eigenvalue weighted by Gasteiger charge is -2.25. The molecule has 1 aliphatic heterocycles. The Labute approximate surface area is 125 Å². The van der Waals surface area contributed by atoms with Gasteiger partial charge in [0.25, 0.3) is 0 Å². The maximum Gasteiger partial charge on any atom is 0.241 e. The van der Waals surface area contributed by atoms with Gasteiger partial charge in [0.2, 0.25) is 5.91 Å². The molecule has 3 heteroatoms. The molecule has 21 heavy (non-hydrogen) atoms. The van der Waals surface area contributed by atoms with Crippen molar-refractivity contribution in [1.82, 2.24) is 5.32 Å². The maximum absolute atomic E-state index is 12.5. The van der Waals surface area contributed by atoms with Crippen molar-refractivity contribution in [3.63, 3.8) is 0 Å². The van der Waals surface area contributed by atoms with Gasteiger partial charge in [-0.1, -0.05) is 36.4 Å². The summed E-state index contributed by atoms with van der Waals surface area (Å²) in [6, 6.07) is 14.2. The molecule has 1 heterocycles. The number of rotatable bonds is 2. The highest BCUT2D eigenvalue weighted by Crippen LogP contribution is 2.19. The van der Waals surface area contributed by atoms with Crippen LogP contribution in [0.25, 0.3) is 0 Å². The van der Waals surface area contributed by atoms with E-state index in [1.165, 1.54) is 11.1 Å². The zero-order chi connectivity index (χ0) is 14.8. The first-order chi connectivity index (χ1) is 10.1. The number of carbonyl (C=O) groups excluding carboxylic acids is 1. The molecule has 3 rings (SSSR count). The van der Waals surface area contributed by atoms with Crippen molar-refractivity contribution in [2.75, 3.05) is 5.32 Å². The second-order valence-corrected chi connectivity index (χ2v) is 5.71. The molecule has 0 saturated carbocycles. The van der Waals surface area contributed by atoms with E-state index >= 15 is 0 Å². The number of fused-ring (bicyclic) bond motifs is 1. The van der Waals surface area contributed by atoms with Gasteiger partial charge in [-0.2, -0.15) is 0 Å². The Bertz CT molecular complexity index is 679. The molecule has 0 unspecified atom stereocenters. The summed E-state index contributed by atoms with van der Waals surface area (Å²) in [4.78, 5) is 12.5. The van der Waals surface area contributed by atoms with E-state index < -0.39 is 0 Å². The monoisotopic (exact) mass is 280 g/mol. The lowest BCUT2D eigenvalue weighted by molar-refractivity contribution is -0.118. The van der Waals surface area contributed by atoms with Gasteiger partial charge in [-0.25, -0.2) is 0 Å². The van der Waals surface area contributed by atoms with Gasteiger partial charge < -0.3 is 10.6 Å². The minimum atomic E-state index is -0.167. The van der Waals surface area contributed by atoms with E-state index in [9.17, 15) is 4.79 Å². The summed E-state index contributed by atoms with van der Waals surface area (Å²) in [7, 11) is 0. The largest absolute Gasteiger partial charge is 0.324 e. The summed E-state index contributed by atoms with van der Waals surface area (Å²) in [6.07, 6.45) is 0.743. The second-order valence-electron chi connectivity index (χ2n) is 5.71. The topological polar surface area (TPSA) is 41.1 Å². The van der Waals surface area contributed by atoms with Gasteiger partial charge in [0.15, 0.2) is 0 Å². The number of hydrogen-bond donors (Lipinski definition) is 2. The van der Waals surface area contributed by atoms with Crippen LogP contribution < -0.4 is 10.6 Å². The number of aryl methyl sites for hydroxylation is 2. The molecule has 2 aromatic rings. The fourth-order valence-corrected chi connectivity index (χ4v) is 2.73. The molecule has 2 N–H and O–H groups in total. The third-order valence-corrected chi connectivity index (χ3v) is 4.05. The predicted octanol–water partition coefficient (Wildman–Crippen LogP) is 2.96. The molecule has 0 radical (unpaired) electrons. The number of hydrogen-bond acceptors (Lipinski definition) is 2. The summed E-state index contributed by atoms with van der Waals surface area (Å²) < 4.78 is 0. The van der Waals surface area contributed by atoms with Gasteiger partial charge in [-0.15, -0.1) is 0 Å². The van der Waals surface area contributed by atoms with Crippen molar-refractivity contribution >= 4 is 11.6 Å². The van der Waals surface area contributed by atoms with Crippen LogP contribution in [0.5, 0.6) is 0 Å². The first-order valence-electron chi connectivity index (χ1n) is 7.32. The van der Waals surface area contributed by atoms with E-state index in [1.807, 2.05) is 38.1 Å². The third-order valence-electron chi connectivity index (χ3n) is 4.05. The Morgan fingerprint density at radius 3 is 2.71 bits per heavy atom. The van der Waals surface area contributed by atoms with Crippen molar-refractivity contribution in [2.24, 2.45) is 0 Å². The fraction of sp³-hybridized carbons (Fsp3) is 0.278. The Balaban J connectivity index is 1.74. The van der Waals surface area contributed by atoms with Crippen LogP contribution in [0, 0.1) is 13.8 Å². The van der Waals surface area contributed by atoms with E-state index in [-0.39, 0.29) is 11.9 Å². The van der Waals surface area contributed by atoms with Gasteiger partial charge in [0.05, 0.1) is 6.04 Å². The molecule has 1 atom stereocenters. The highest BCUT2D eigenvalue weighted by Gasteiger charge is 2.24. The number of anilines is 1. The van der Waals surface area contributed by atoms with Crippen molar-refractivity contribution in [3.05, 3.63) is 64.7 Å². The normalized spacial score (nSPS) is 17.1. The van der Waals surface area contributed by atoms with Crippen LogP contribution in [0.1, 0.15) is 22.3 Å². The number of carbonyl (C=O) groups is 1. The average molecular weight is 280 g/mol. The summed E-state index contributed by atoms with van der Waals surface area (Å²) in [5.74, 6) is 0.0400. The van der Waals surface area contributed by atoms with Crippen molar-refractivity contribution in [2.45, 2.75) is 32.9 Å². The zero-order valence-corrected chi connectivity index (χ0v) is 12.4. The molecule has 0 spiro atoms. The van der Waals surface area contributed by atoms with Gasteiger partial charge in [-0.3, -0.25) is 4.79 Å². The zero-order valence-electron chi connectivity index (χ0n) is 12.4. The van der Waals surface area contributed by atoms with Crippen LogP contribution in [-0.4, -0.2) is 11.9 Å². The van der Waals surface area contributed by atoms with Gasteiger partial charge in [-0.05, 0) is 48.6 Å². The Morgan fingerprint density at radius 1 is 1.14 bits per heavy atom. The molecular formula is C18H20N2O. The number of nitrogens with one attached hydrogen (secondary N) is 2. The van der Waals surface area contributed by atoms with E-state index in [0.29, 0.717) is 0 Å². The lowest BCUT2D eigenvalue weighted by atomic mass is 9.95. The van der Waals surface area contributed by atoms with Crippen molar-refractivity contribution in [3.8, 4) is 0 Å². The number of benzene rings is 2. The summed E-state index contributed by atoms with van der Waals surface area (Å²) in [5, 5.41) is 6.37. The number of amides is 1. The van der Waals surface area contributed by atoms with Crippen molar-refractivity contribution < 1.29 is 4.79 Å². The lowest BCUT2D eigenvalue weighted by Crippen LogP contribution is -2.44. The van der Waals surface area contributed by atoms with Crippen LogP contribution in [0.15, 0.2) is 42.5 Å². The minimum absolute atomic E-state index is 0.0400. The van der Waals surface area contributed by atoms with Crippen LogP contribution in [0.3, 0.4) is 0 Å². The van der Waals surface area contributed by atoms with Crippen LogP contribution in [-0.2, 0) is 17.8 Å². The first kappa shape index (κ1) is 13.8. The van der Waals surface area contributed by atoms with Gasteiger partial charge >= 0.3 is 0 Å². The van der Waals surface area contributed by atoms with E-state index in [0.717, 1.165) is 29.8 Å². The molecular weight excluding hydrogens is 260 g/mol. The van der Waals surface area contributed by atoms with E-state index in [4.69, 9.17) is 0 Å². The first-order valence-corrected chi connectivity index (χ1v) is 7.32.